The summed E-state index contributed by atoms with van der Waals surface area (Å²) in [5, 5.41) is 0. The van der Waals surface area contributed by atoms with Gasteiger partial charge in [0.25, 0.3) is 0 Å². The molecular weight excluding hydrogens is 132 g/mol. The van der Waals surface area contributed by atoms with Gasteiger partial charge in [-0.15, -0.1) is 0 Å². The summed E-state index contributed by atoms with van der Waals surface area (Å²) in [4.78, 5) is 0. The van der Waals surface area contributed by atoms with Crippen LogP contribution in [0.25, 0.3) is 0 Å². The highest BCUT2D eigenvalue weighted by Gasteiger charge is 2.04. The van der Waals surface area contributed by atoms with Gasteiger partial charge >= 0.3 is 0 Å². The first-order chi connectivity index (χ1) is 5.07. The Labute approximate surface area is 71.0 Å². The molecule has 0 rings (SSSR count). The van der Waals surface area contributed by atoms with Gasteiger partial charge < -0.3 is 0 Å². The van der Waals surface area contributed by atoms with E-state index >= 15 is 0 Å². The molecule has 0 aliphatic carbocycles. The van der Waals surface area contributed by atoms with Crippen molar-refractivity contribution in [3.63, 3.8) is 0 Å². The van der Waals surface area contributed by atoms with Crippen molar-refractivity contribution >= 4 is 0 Å². The average Bonchev–Trinajstić information content (AvgIpc) is 1.86. The molecule has 0 aliphatic rings. The molecule has 0 heterocycles. The van der Waals surface area contributed by atoms with E-state index in [4.69, 9.17) is 0 Å². The number of hydrogen-bond acceptors (Lipinski definition) is 0. The summed E-state index contributed by atoms with van der Waals surface area (Å²) in [6.07, 6.45) is 3.50. The second-order valence-electron chi connectivity index (χ2n) is 3.48. The van der Waals surface area contributed by atoms with Crippen LogP contribution in [0.15, 0.2) is 24.3 Å². The second kappa shape index (κ2) is 5.17. The highest BCUT2D eigenvalue weighted by Crippen LogP contribution is 2.20. The Morgan fingerprint density at radius 3 is 2.27 bits per heavy atom. The molecule has 1 unspecified atom stereocenters. The minimum absolute atomic E-state index is 0.664. The largest absolute Gasteiger partial charge is 0.0998 e. The Morgan fingerprint density at radius 2 is 1.91 bits per heavy atom. The van der Waals surface area contributed by atoms with E-state index in [1.165, 1.54) is 24.0 Å². The summed E-state index contributed by atoms with van der Waals surface area (Å²) < 4.78 is 0. The van der Waals surface area contributed by atoms with Crippen LogP contribution >= 0.6 is 0 Å². The fourth-order valence-corrected chi connectivity index (χ4v) is 1.20. The van der Waals surface area contributed by atoms with Crippen molar-refractivity contribution in [1.82, 2.24) is 0 Å². The zero-order valence-electron chi connectivity index (χ0n) is 8.11. The van der Waals surface area contributed by atoms with E-state index in [0.29, 0.717) is 5.92 Å². The fraction of sp³-hybridized carbons (Fsp3) is 0.636. The highest BCUT2D eigenvalue weighted by molar-refractivity contribution is 5.09. The monoisotopic (exact) mass is 152 g/mol. The molecular formula is C11H20. The van der Waals surface area contributed by atoms with Gasteiger partial charge in [-0.3, -0.25) is 0 Å². The zero-order chi connectivity index (χ0) is 8.85. The molecule has 11 heavy (non-hydrogen) atoms. The van der Waals surface area contributed by atoms with Crippen LogP contribution in [0.2, 0.25) is 0 Å². The van der Waals surface area contributed by atoms with E-state index in [0.717, 1.165) is 6.42 Å². The Hall–Kier alpha value is -0.520. The lowest BCUT2D eigenvalue weighted by atomic mass is 9.93. The van der Waals surface area contributed by atoms with Gasteiger partial charge in [0.1, 0.15) is 0 Å². The Kier molecular flexibility index (Phi) is 4.93. The molecule has 64 valence electrons. The summed E-state index contributed by atoms with van der Waals surface area (Å²) in [5.41, 5.74) is 2.55. The molecule has 0 nitrogen and oxygen atoms in total. The maximum atomic E-state index is 4.05. The van der Waals surface area contributed by atoms with E-state index in [-0.39, 0.29) is 0 Å². The zero-order valence-corrected chi connectivity index (χ0v) is 8.11. The maximum Gasteiger partial charge on any atom is -0.0114 e. The van der Waals surface area contributed by atoms with Crippen LogP contribution in [-0.2, 0) is 0 Å². The average molecular weight is 152 g/mol. The fourth-order valence-electron chi connectivity index (χ4n) is 1.20. The molecule has 0 fully saturated rings. The number of hydrogen-bond donors (Lipinski definition) is 0. The normalized spacial score (nSPS) is 12.6. The molecule has 0 saturated heterocycles. The molecule has 0 amide bonds. The number of rotatable bonds is 5. The third kappa shape index (κ3) is 4.83. The Bertz CT molecular complexity index is 142. The van der Waals surface area contributed by atoms with E-state index in [1.54, 1.807) is 0 Å². The van der Waals surface area contributed by atoms with Crippen LogP contribution in [-0.4, -0.2) is 0 Å². The summed E-state index contributed by atoms with van der Waals surface area (Å²) in [6.45, 7) is 14.4. The van der Waals surface area contributed by atoms with E-state index in [9.17, 15) is 0 Å². The summed E-state index contributed by atoms with van der Waals surface area (Å²) in [7, 11) is 0. The highest BCUT2D eigenvalue weighted by atomic mass is 14.1. The van der Waals surface area contributed by atoms with Crippen LogP contribution in [0.5, 0.6) is 0 Å². The van der Waals surface area contributed by atoms with Crippen LogP contribution in [0.1, 0.15) is 40.0 Å². The van der Waals surface area contributed by atoms with Gasteiger partial charge in [0.15, 0.2) is 0 Å². The first-order valence-electron chi connectivity index (χ1n) is 4.40. The lowest BCUT2D eigenvalue weighted by Gasteiger charge is -2.13. The molecule has 1 atom stereocenters. The smallest absolute Gasteiger partial charge is 0.0114 e. The molecule has 0 N–H and O–H groups in total. The summed E-state index contributed by atoms with van der Waals surface area (Å²) >= 11 is 0. The number of allylic oxidation sites excluding steroid dienone is 2. The molecule has 0 aromatic heterocycles. The molecule has 0 saturated carbocycles. The van der Waals surface area contributed by atoms with Crippen molar-refractivity contribution in [1.29, 1.82) is 0 Å². The standard InChI is InChI=1S/C11H20/c1-6-7-10(4)11(5)8-9(2)3/h10H,2,5-8H2,1,3-4H3. The lowest BCUT2D eigenvalue weighted by Crippen LogP contribution is -1.97. The van der Waals surface area contributed by atoms with E-state index < -0.39 is 0 Å². The molecule has 0 radical (unpaired) electrons. The molecule has 0 aliphatic heterocycles. The minimum atomic E-state index is 0.664. The molecule has 0 heteroatoms. The van der Waals surface area contributed by atoms with Gasteiger partial charge in [-0.2, -0.15) is 0 Å². The molecule has 0 aromatic rings. The lowest BCUT2D eigenvalue weighted by molar-refractivity contribution is 0.591. The van der Waals surface area contributed by atoms with Crippen molar-refractivity contribution in [2.45, 2.75) is 40.0 Å². The molecule has 0 aromatic carbocycles. The third-order valence-corrected chi connectivity index (χ3v) is 1.95. The third-order valence-electron chi connectivity index (χ3n) is 1.95. The molecule has 0 bridgehead atoms. The Morgan fingerprint density at radius 1 is 1.36 bits per heavy atom. The van der Waals surface area contributed by atoms with Gasteiger partial charge in [-0.1, -0.05) is 44.6 Å². The second-order valence-corrected chi connectivity index (χ2v) is 3.48. The molecule has 0 spiro atoms. The van der Waals surface area contributed by atoms with Gasteiger partial charge in [0.2, 0.25) is 0 Å². The van der Waals surface area contributed by atoms with Gasteiger partial charge in [-0.05, 0) is 25.7 Å². The van der Waals surface area contributed by atoms with Crippen LogP contribution in [0.4, 0.5) is 0 Å². The Balaban J connectivity index is 3.73. The summed E-state index contributed by atoms with van der Waals surface area (Å²) in [6, 6.07) is 0. The van der Waals surface area contributed by atoms with Crippen LogP contribution in [0.3, 0.4) is 0 Å². The van der Waals surface area contributed by atoms with E-state index in [2.05, 4.69) is 33.9 Å². The summed E-state index contributed by atoms with van der Waals surface area (Å²) in [5.74, 6) is 0.664. The first kappa shape index (κ1) is 10.5. The predicted molar refractivity (Wildman–Crippen MR) is 52.6 cm³/mol. The van der Waals surface area contributed by atoms with Crippen molar-refractivity contribution in [3.05, 3.63) is 24.3 Å². The SMILES string of the molecule is C=C(C)CC(=C)C(C)CCC. The van der Waals surface area contributed by atoms with Crippen LogP contribution in [0, 0.1) is 5.92 Å². The minimum Gasteiger partial charge on any atom is -0.0998 e. The topological polar surface area (TPSA) is 0 Å². The van der Waals surface area contributed by atoms with Crippen LogP contribution < -0.4 is 0 Å². The van der Waals surface area contributed by atoms with Gasteiger partial charge in [0.05, 0.1) is 0 Å². The predicted octanol–water partition coefficient (Wildman–Crippen LogP) is 3.95. The van der Waals surface area contributed by atoms with Crippen molar-refractivity contribution in [3.8, 4) is 0 Å². The van der Waals surface area contributed by atoms with Gasteiger partial charge in [-0.25, -0.2) is 0 Å². The van der Waals surface area contributed by atoms with Crippen molar-refractivity contribution in [2.75, 3.05) is 0 Å². The van der Waals surface area contributed by atoms with E-state index in [1.807, 2.05) is 0 Å². The van der Waals surface area contributed by atoms with Crippen molar-refractivity contribution < 1.29 is 0 Å². The first-order valence-corrected chi connectivity index (χ1v) is 4.40. The maximum absolute atomic E-state index is 4.05. The van der Waals surface area contributed by atoms with Gasteiger partial charge in [0, 0.05) is 0 Å². The van der Waals surface area contributed by atoms with Crippen molar-refractivity contribution in [2.24, 2.45) is 5.92 Å². The quantitative estimate of drug-likeness (QED) is 0.523.